The Labute approximate surface area is 105 Å². The number of hydrogen-bond acceptors (Lipinski definition) is 1. The summed E-state index contributed by atoms with van der Waals surface area (Å²) in [5, 5.41) is 10.8. The Kier molecular flexibility index (Phi) is 3.58. The Hall–Kier alpha value is -0.820. The van der Waals surface area contributed by atoms with Gasteiger partial charge in [0.15, 0.2) is 0 Å². The van der Waals surface area contributed by atoms with Gasteiger partial charge in [-0.05, 0) is 49.3 Å². The summed E-state index contributed by atoms with van der Waals surface area (Å²) in [5.41, 5.74) is 3.50. The quantitative estimate of drug-likeness (QED) is 0.840. The van der Waals surface area contributed by atoms with Crippen molar-refractivity contribution in [3.8, 4) is 0 Å². The first-order chi connectivity index (χ1) is 8.05. The number of aliphatic hydroxyl groups is 1. The van der Waals surface area contributed by atoms with Crippen LogP contribution in [-0.2, 0) is 6.42 Å². The molecule has 1 fully saturated rings. The van der Waals surface area contributed by atoms with Crippen molar-refractivity contribution in [3.63, 3.8) is 0 Å². The summed E-state index contributed by atoms with van der Waals surface area (Å²) < 4.78 is 0. The Bertz CT molecular complexity index is 397. The van der Waals surface area contributed by atoms with Crippen LogP contribution in [0.4, 0.5) is 0 Å². The number of rotatable bonds is 3. The third-order valence-electron chi connectivity index (χ3n) is 4.50. The van der Waals surface area contributed by atoms with E-state index in [1.54, 1.807) is 0 Å². The van der Waals surface area contributed by atoms with Gasteiger partial charge in [0.2, 0.25) is 0 Å². The highest BCUT2D eigenvalue weighted by atomic mass is 16.3. The Morgan fingerprint density at radius 3 is 2.71 bits per heavy atom. The first-order valence-corrected chi connectivity index (χ1v) is 6.83. The van der Waals surface area contributed by atoms with Crippen LogP contribution < -0.4 is 0 Å². The smallest absolute Gasteiger partial charge is 0.0715 e. The lowest BCUT2D eigenvalue weighted by molar-refractivity contribution is 0.00146. The van der Waals surface area contributed by atoms with E-state index in [-0.39, 0.29) is 0 Å². The lowest BCUT2D eigenvalue weighted by Gasteiger charge is -2.30. The summed E-state index contributed by atoms with van der Waals surface area (Å²) in [6.07, 6.45) is 5.27. The van der Waals surface area contributed by atoms with Gasteiger partial charge in [-0.15, -0.1) is 0 Å². The van der Waals surface area contributed by atoms with Crippen molar-refractivity contribution in [1.29, 1.82) is 0 Å². The van der Waals surface area contributed by atoms with E-state index < -0.39 is 5.60 Å². The van der Waals surface area contributed by atoms with Crippen LogP contribution in [0.3, 0.4) is 0 Å². The minimum atomic E-state index is -0.448. The molecule has 1 nitrogen and oxygen atoms in total. The second-order valence-corrected chi connectivity index (χ2v) is 5.70. The summed E-state index contributed by atoms with van der Waals surface area (Å²) in [7, 11) is 0. The van der Waals surface area contributed by atoms with Crippen LogP contribution in [0.15, 0.2) is 18.2 Å². The van der Waals surface area contributed by atoms with Gasteiger partial charge in [-0.25, -0.2) is 0 Å². The van der Waals surface area contributed by atoms with Crippen LogP contribution in [0.2, 0.25) is 0 Å². The number of benzene rings is 1. The van der Waals surface area contributed by atoms with Gasteiger partial charge in [0.25, 0.3) is 0 Å². The average molecular weight is 232 g/mol. The van der Waals surface area contributed by atoms with Gasteiger partial charge in [-0.3, -0.25) is 0 Å². The monoisotopic (exact) mass is 232 g/mol. The summed E-state index contributed by atoms with van der Waals surface area (Å²) in [5.74, 6) is 0.490. The summed E-state index contributed by atoms with van der Waals surface area (Å²) in [4.78, 5) is 0. The van der Waals surface area contributed by atoms with E-state index in [0.717, 1.165) is 19.3 Å². The molecule has 1 N–H and O–H groups in total. The fourth-order valence-electron chi connectivity index (χ4n) is 3.21. The van der Waals surface area contributed by atoms with E-state index in [4.69, 9.17) is 0 Å². The van der Waals surface area contributed by atoms with Gasteiger partial charge in [-0.2, -0.15) is 0 Å². The lowest BCUT2D eigenvalue weighted by atomic mass is 9.83. The van der Waals surface area contributed by atoms with Gasteiger partial charge in [0.1, 0.15) is 0 Å². The highest BCUT2D eigenvalue weighted by Gasteiger charge is 2.39. The molecular formula is C16H24O. The molecule has 0 heterocycles. The van der Waals surface area contributed by atoms with Gasteiger partial charge in [0.05, 0.1) is 5.60 Å². The van der Waals surface area contributed by atoms with Gasteiger partial charge >= 0.3 is 0 Å². The topological polar surface area (TPSA) is 20.2 Å². The molecule has 1 aromatic carbocycles. The fraction of sp³-hybridized carbons (Fsp3) is 0.625. The molecule has 1 aliphatic carbocycles. The minimum absolute atomic E-state index is 0.448. The molecule has 0 saturated heterocycles. The maximum absolute atomic E-state index is 10.8. The van der Waals surface area contributed by atoms with Gasteiger partial charge in [-0.1, -0.05) is 38.0 Å². The van der Waals surface area contributed by atoms with Crippen LogP contribution in [0.25, 0.3) is 0 Å². The van der Waals surface area contributed by atoms with Crippen LogP contribution in [0, 0.1) is 19.8 Å². The molecule has 0 radical (unpaired) electrons. The summed E-state index contributed by atoms with van der Waals surface area (Å²) >= 11 is 0. The van der Waals surface area contributed by atoms with E-state index in [0.29, 0.717) is 5.92 Å². The predicted octanol–water partition coefficient (Wildman–Crippen LogP) is 3.79. The maximum atomic E-state index is 10.8. The zero-order chi connectivity index (χ0) is 12.5. The van der Waals surface area contributed by atoms with E-state index in [1.165, 1.54) is 29.5 Å². The van der Waals surface area contributed by atoms with Crippen LogP contribution in [0.1, 0.15) is 49.3 Å². The van der Waals surface area contributed by atoms with Crippen molar-refractivity contribution in [2.24, 2.45) is 5.92 Å². The SMILES string of the molecule is CCC1CCCC1(O)Cc1ccc(C)c(C)c1. The van der Waals surface area contributed by atoms with Crippen LogP contribution in [0.5, 0.6) is 0 Å². The van der Waals surface area contributed by atoms with Crippen molar-refractivity contribution in [2.45, 2.75) is 58.5 Å². The molecule has 1 aromatic rings. The molecule has 0 aliphatic heterocycles. The lowest BCUT2D eigenvalue weighted by Crippen LogP contribution is -2.35. The van der Waals surface area contributed by atoms with E-state index >= 15 is 0 Å². The van der Waals surface area contributed by atoms with Gasteiger partial charge in [0, 0.05) is 6.42 Å². The summed E-state index contributed by atoms with van der Waals surface area (Å²) in [6.45, 7) is 6.48. The average Bonchev–Trinajstić information content (AvgIpc) is 2.65. The Balaban J connectivity index is 2.16. The molecule has 2 rings (SSSR count). The standard InChI is InChI=1S/C16H24O/c1-4-15-6-5-9-16(15,17)11-14-8-7-12(2)13(3)10-14/h7-8,10,15,17H,4-6,9,11H2,1-3H3. The highest BCUT2D eigenvalue weighted by Crippen LogP contribution is 2.40. The van der Waals surface area contributed by atoms with Crippen molar-refractivity contribution in [3.05, 3.63) is 34.9 Å². The highest BCUT2D eigenvalue weighted by molar-refractivity contribution is 5.31. The maximum Gasteiger partial charge on any atom is 0.0715 e. The molecule has 1 aliphatic rings. The molecule has 1 heteroatoms. The third-order valence-corrected chi connectivity index (χ3v) is 4.50. The van der Waals surface area contributed by atoms with Crippen molar-refractivity contribution in [2.75, 3.05) is 0 Å². The summed E-state index contributed by atoms with van der Waals surface area (Å²) in [6, 6.07) is 6.58. The zero-order valence-electron chi connectivity index (χ0n) is 11.3. The molecule has 94 valence electrons. The molecular weight excluding hydrogens is 208 g/mol. The van der Waals surface area contributed by atoms with Crippen LogP contribution >= 0.6 is 0 Å². The first kappa shape index (κ1) is 12.6. The Morgan fingerprint density at radius 1 is 1.29 bits per heavy atom. The molecule has 2 unspecified atom stereocenters. The van der Waals surface area contributed by atoms with Crippen molar-refractivity contribution < 1.29 is 5.11 Å². The second kappa shape index (κ2) is 4.81. The molecule has 17 heavy (non-hydrogen) atoms. The third kappa shape index (κ3) is 2.55. The van der Waals surface area contributed by atoms with E-state index in [1.807, 2.05) is 0 Å². The van der Waals surface area contributed by atoms with Gasteiger partial charge < -0.3 is 5.11 Å². The first-order valence-electron chi connectivity index (χ1n) is 6.83. The molecule has 2 atom stereocenters. The second-order valence-electron chi connectivity index (χ2n) is 5.70. The zero-order valence-corrected chi connectivity index (χ0v) is 11.3. The molecule has 0 amide bonds. The predicted molar refractivity (Wildman–Crippen MR) is 72.2 cm³/mol. The largest absolute Gasteiger partial charge is 0.389 e. The molecule has 0 spiro atoms. The van der Waals surface area contributed by atoms with Crippen molar-refractivity contribution >= 4 is 0 Å². The van der Waals surface area contributed by atoms with Crippen molar-refractivity contribution in [1.82, 2.24) is 0 Å². The normalized spacial score (nSPS) is 28.6. The Morgan fingerprint density at radius 2 is 2.06 bits per heavy atom. The van der Waals surface area contributed by atoms with E-state index in [9.17, 15) is 5.11 Å². The van der Waals surface area contributed by atoms with Crippen LogP contribution in [-0.4, -0.2) is 10.7 Å². The number of hydrogen-bond donors (Lipinski definition) is 1. The van der Waals surface area contributed by atoms with E-state index in [2.05, 4.69) is 39.0 Å². The minimum Gasteiger partial charge on any atom is -0.389 e. The number of aryl methyl sites for hydroxylation is 2. The molecule has 1 saturated carbocycles. The molecule has 0 aromatic heterocycles. The fourth-order valence-corrected chi connectivity index (χ4v) is 3.21. The molecule has 0 bridgehead atoms.